The van der Waals surface area contributed by atoms with Crippen LogP contribution in [0.5, 0.6) is 0 Å². The number of methoxy groups -OCH3 is 1. The second kappa shape index (κ2) is 6.01. The van der Waals surface area contributed by atoms with Crippen molar-refractivity contribution in [2.75, 3.05) is 26.9 Å². The molecule has 2 aromatic rings. The van der Waals surface area contributed by atoms with Crippen LogP contribution in [0.25, 0.3) is 5.65 Å². The molecule has 1 aliphatic rings. The first-order valence-electron chi connectivity index (χ1n) is 6.70. The van der Waals surface area contributed by atoms with Gasteiger partial charge in [0.1, 0.15) is 11.7 Å². The van der Waals surface area contributed by atoms with E-state index in [0.29, 0.717) is 31.3 Å². The number of ether oxygens (including phenoxy) is 2. The molecule has 112 valence electrons. The van der Waals surface area contributed by atoms with Crippen molar-refractivity contribution in [3.05, 3.63) is 35.2 Å². The number of hydrogen-bond acceptors (Lipinski definition) is 5. The Bertz CT molecular complexity index is 658. The van der Waals surface area contributed by atoms with Crippen molar-refractivity contribution < 1.29 is 14.3 Å². The summed E-state index contributed by atoms with van der Waals surface area (Å²) >= 11 is 5.97. The van der Waals surface area contributed by atoms with E-state index in [9.17, 15) is 4.79 Å². The molecule has 1 saturated heterocycles. The van der Waals surface area contributed by atoms with Gasteiger partial charge in [-0.25, -0.2) is 4.98 Å². The molecule has 1 fully saturated rings. The lowest BCUT2D eigenvalue weighted by Gasteiger charge is -2.32. The topological polar surface area (TPSA) is 56.1 Å². The minimum Gasteiger partial charge on any atom is -0.468 e. The molecule has 0 saturated carbocycles. The van der Waals surface area contributed by atoms with Crippen LogP contribution in [0.3, 0.4) is 0 Å². The van der Waals surface area contributed by atoms with Crippen LogP contribution in [0.15, 0.2) is 24.5 Å². The van der Waals surface area contributed by atoms with E-state index in [4.69, 9.17) is 21.1 Å². The van der Waals surface area contributed by atoms with Gasteiger partial charge in [0.15, 0.2) is 0 Å². The van der Waals surface area contributed by atoms with Gasteiger partial charge in [-0.15, -0.1) is 0 Å². The van der Waals surface area contributed by atoms with Crippen LogP contribution in [0.4, 0.5) is 0 Å². The van der Waals surface area contributed by atoms with E-state index in [2.05, 4.69) is 4.98 Å². The summed E-state index contributed by atoms with van der Waals surface area (Å²) in [5, 5.41) is 0.658. The molecule has 0 aliphatic carbocycles. The predicted octanol–water partition coefficient (Wildman–Crippen LogP) is 1.36. The molecule has 0 spiro atoms. The first kappa shape index (κ1) is 14.3. The van der Waals surface area contributed by atoms with E-state index in [1.165, 1.54) is 7.11 Å². The number of carbonyl (C=O) groups excluding carboxylic acids is 1. The highest BCUT2D eigenvalue weighted by atomic mass is 35.5. The summed E-state index contributed by atoms with van der Waals surface area (Å²) in [6, 6.07) is 3.29. The minimum absolute atomic E-state index is 0.276. The fourth-order valence-electron chi connectivity index (χ4n) is 2.48. The van der Waals surface area contributed by atoms with Crippen molar-refractivity contribution in [1.29, 1.82) is 0 Å². The molecule has 21 heavy (non-hydrogen) atoms. The van der Waals surface area contributed by atoms with Crippen LogP contribution in [0.2, 0.25) is 5.02 Å². The predicted molar refractivity (Wildman–Crippen MR) is 77.2 cm³/mol. The molecule has 1 aliphatic heterocycles. The molecule has 0 radical (unpaired) electrons. The molecule has 3 heterocycles. The highest BCUT2D eigenvalue weighted by Crippen LogP contribution is 2.16. The zero-order chi connectivity index (χ0) is 14.8. The number of fused-ring (bicyclic) bond motifs is 1. The molecule has 0 aromatic carbocycles. The monoisotopic (exact) mass is 309 g/mol. The summed E-state index contributed by atoms with van der Waals surface area (Å²) in [5.41, 5.74) is 1.71. The molecular weight excluding hydrogens is 294 g/mol. The molecule has 1 unspecified atom stereocenters. The number of pyridine rings is 1. The number of esters is 1. The molecule has 0 amide bonds. The van der Waals surface area contributed by atoms with E-state index in [1.807, 2.05) is 27.8 Å². The molecule has 3 rings (SSSR count). The first-order valence-corrected chi connectivity index (χ1v) is 7.08. The molecule has 7 heteroatoms. The standard InChI is InChI=1S/C14H16ClN3O3/c1-20-14(19)12-9-21-5-4-17(12)7-11-8-18-6-10(15)2-3-13(18)16-11/h2-3,6,8,12H,4-5,7,9H2,1H3. The van der Waals surface area contributed by atoms with Crippen molar-refractivity contribution in [3.63, 3.8) is 0 Å². The quantitative estimate of drug-likeness (QED) is 0.801. The van der Waals surface area contributed by atoms with Gasteiger partial charge in [-0.1, -0.05) is 11.6 Å². The molecular formula is C14H16ClN3O3. The third kappa shape index (κ3) is 3.02. The number of imidazole rings is 1. The van der Waals surface area contributed by atoms with E-state index in [1.54, 1.807) is 6.07 Å². The van der Waals surface area contributed by atoms with Crippen molar-refractivity contribution >= 4 is 23.2 Å². The average molecular weight is 310 g/mol. The number of hydrogen-bond donors (Lipinski definition) is 0. The summed E-state index contributed by atoms with van der Waals surface area (Å²) in [6.07, 6.45) is 3.73. The number of nitrogens with zero attached hydrogens (tertiary/aromatic N) is 3. The molecule has 2 aromatic heterocycles. The zero-order valence-electron chi connectivity index (χ0n) is 11.7. The van der Waals surface area contributed by atoms with Gasteiger partial charge < -0.3 is 13.9 Å². The maximum absolute atomic E-state index is 11.8. The lowest BCUT2D eigenvalue weighted by molar-refractivity contribution is -0.153. The molecule has 0 bridgehead atoms. The molecule has 0 N–H and O–H groups in total. The van der Waals surface area contributed by atoms with Crippen LogP contribution in [0, 0.1) is 0 Å². The van der Waals surface area contributed by atoms with Crippen LogP contribution < -0.4 is 0 Å². The lowest BCUT2D eigenvalue weighted by Crippen LogP contribution is -2.49. The minimum atomic E-state index is -0.378. The normalized spacial score (nSPS) is 19.8. The zero-order valence-corrected chi connectivity index (χ0v) is 12.4. The van der Waals surface area contributed by atoms with E-state index < -0.39 is 0 Å². The highest BCUT2D eigenvalue weighted by molar-refractivity contribution is 6.30. The van der Waals surface area contributed by atoms with Gasteiger partial charge in [-0.2, -0.15) is 0 Å². The number of rotatable bonds is 3. The van der Waals surface area contributed by atoms with Gasteiger partial charge >= 0.3 is 5.97 Å². The number of carbonyl (C=O) groups is 1. The van der Waals surface area contributed by atoms with Gasteiger partial charge in [0.05, 0.1) is 31.0 Å². The largest absolute Gasteiger partial charge is 0.468 e. The van der Waals surface area contributed by atoms with E-state index in [-0.39, 0.29) is 12.0 Å². The van der Waals surface area contributed by atoms with Crippen molar-refractivity contribution in [2.24, 2.45) is 0 Å². The summed E-state index contributed by atoms with van der Waals surface area (Å²) in [6.45, 7) is 2.20. The third-order valence-corrected chi connectivity index (χ3v) is 3.77. The van der Waals surface area contributed by atoms with Crippen LogP contribution in [-0.2, 0) is 20.8 Å². The number of halogens is 1. The maximum Gasteiger partial charge on any atom is 0.325 e. The Kier molecular flexibility index (Phi) is 4.10. The Balaban J connectivity index is 1.80. The van der Waals surface area contributed by atoms with Gasteiger partial charge in [0.2, 0.25) is 0 Å². The average Bonchev–Trinajstić information content (AvgIpc) is 2.88. The maximum atomic E-state index is 11.8. The van der Waals surface area contributed by atoms with Gasteiger partial charge in [-0.3, -0.25) is 9.69 Å². The molecule has 1 atom stereocenters. The van der Waals surface area contributed by atoms with Crippen molar-refractivity contribution in [3.8, 4) is 0 Å². The van der Waals surface area contributed by atoms with Gasteiger partial charge in [-0.05, 0) is 12.1 Å². The second-order valence-corrected chi connectivity index (χ2v) is 5.37. The Morgan fingerprint density at radius 2 is 2.38 bits per heavy atom. The highest BCUT2D eigenvalue weighted by Gasteiger charge is 2.30. The third-order valence-electron chi connectivity index (χ3n) is 3.54. The van der Waals surface area contributed by atoms with Gasteiger partial charge in [0, 0.05) is 25.5 Å². The van der Waals surface area contributed by atoms with Crippen LogP contribution >= 0.6 is 11.6 Å². The van der Waals surface area contributed by atoms with E-state index >= 15 is 0 Å². The lowest BCUT2D eigenvalue weighted by atomic mass is 10.2. The molecule has 6 nitrogen and oxygen atoms in total. The van der Waals surface area contributed by atoms with Crippen molar-refractivity contribution in [2.45, 2.75) is 12.6 Å². The summed E-state index contributed by atoms with van der Waals surface area (Å²) in [5.74, 6) is -0.276. The Morgan fingerprint density at radius 3 is 3.19 bits per heavy atom. The van der Waals surface area contributed by atoms with Gasteiger partial charge in [0.25, 0.3) is 0 Å². The Labute approximate surface area is 127 Å². The van der Waals surface area contributed by atoms with Crippen LogP contribution in [0.1, 0.15) is 5.69 Å². The second-order valence-electron chi connectivity index (χ2n) is 4.93. The fourth-order valence-corrected chi connectivity index (χ4v) is 2.65. The van der Waals surface area contributed by atoms with E-state index in [0.717, 1.165) is 11.3 Å². The first-order chi connectivity index (χ1) is 10.2. The number of aromatic nitrogens is 2. The Hall–Kier alpha value is -1.63. The Morgan fingerprint density at radius 1 is 1.52 bits per heavy atom. The summed E-state index contributed by atoms with van der Waals surface area (Å²) in [4.78, 5) is 18.4. The number of morpholine rings is 1. The fraction of sp³-hybridized carbons (Fsp3) is 0.429. The summed E-state index contributed by atoms with van der Waals surface area (Å²) in [7, 11) is 1.39. The van der Waals surface area contributed by atoms with Crippen LogP contribution in [-0.4, -0.2) is 53.2 Å². The van der Waals surface area contributed by atoms with Crippen molar-refractivity contribution in [1.82, 2.24) is 14.3 Å². The summed E-state index contributed by atoms with van der Waals surface area (Å²) < 4.78 is 12.1. The smallest absolute Gasteiger partial charge is 0.325 e. The SMILES string of the molecule is COC(=O)C1COCCN1Cc1cn2cc(Cl)ccc2n1.